The van der Waals surface area contributed by atoms with Crippen molar-refractivity contribution in [2.45, 2.75) is 5.28 Å². The van der Waals surface area contributed by atoms with E-state index in [1.807, 2.05) is 0 Å². The minimum absolute atomic E-state index is 0.636. The molecule has 0 aromatic rings. The van der Waals surface area contributed by atoms with E-state index in [4.69, 9.17) is 0 Å². The Labute approximate surface area is 50.6 Å². The summed E-state index contributed by atoms with van der Waals surface area (Å²) in [6.45, 7) is 3.65. The molecule has 3 heteroatoms. The molecular weight excluding hydrogens is 211 g/mol. The Kier molecular flexibility index (Phi) is 4.77. The van der Waals surface area contributed by atoms with Crippen molar-refractivity contribution >= 4 is 38.6 Å². The lowest BCUT2D eigenvalue weighted by Gasteiger charge is -1.75. The van der Waals surface area contributed by atoms with E-state index in [1.165, 1.54) is 0 Å². The van der Waals surface area contributed by atoms with Gasteiger partial charge in [0.2, 0.25) is 0 Å². The van der Waals surface area contributed by atoms with Gasteiger partial charge in [-0.05, 0) is 0 Å². The Balaban J connectivity index is 2.54. The maximum Gasteiger partial charge on any atom is 0.456 e. The van der Waals surface area contributed by atoms with Crippen molar-refractivity contribution in [3.63, 3.8) is 0 Å². The first-order valence-electron chi connectivity index (χ1n) is 1.34. The van der Waals surface area contributed by atoms with Gasteiger partial charge in [0.25, 0.3) is 0 Å². The van der Waals surface area contributed by atoms with Gasteiger partial charge in [0, 0.05) is 0 Å². The van der Waals surface area contributed by atoms with E-state index >= 15 is 0 Å². The fourth-order valence-corrected chi connectivity index (χ4v) is 0. The molecule has 0 bridgehead atoms. The lowest BCUT2D eigenvalue weighted by Crippen LogP contribution is -1.81. The first kappa shape index (κ1) is 6.49. The molecule has 0 rings (SSSR count). The van der Waals surface area contributed by atoms with E-state index < -0.39 is 10.5 Å². The second kappa shape index (κ2) is 3.67. The van der Waals surface area contributed by atoms with Crippen LogP contribution in [0.5, 0.6) is 0 Å². The molecule has 0 heterocycles. The van der Waals surface area contributed by atoms with Gasteiger partial charge < -0.3 is 0 Å². The number of halogens is 2. The topological polar surface area (TPSA) is 0 Å². The summed E-state index contributed by atoms with van der Waals surface area (Å²) < 4.78 is 0. The van der Waals surface area contributed by atoms with Crippen LogP contribution < -0.4 is 0 Å². The molecule has 0 nitrogen and oxygen atoms in total. The molecule has 0 N–H and O–H groups in total. The first-order valence-corrected chi connectivity index (χ1v) is 8.53. The van der Waals surface area contributed by atoms with Crippen LogP contribution in [0.4, 0.5) is 0 Å². The van der Waals surface area contributed by atoms with Crippen molar-refractivity contribution in [2.24, 2.45) is 0 Å². The van der Waals surface area contributed by atoms with Gasteiger partial charge in [-0.1, -0.05) is 12.2 Å². The summed E-state index contributed by atoms with van der Waals surface area (Å²) in [7, 11) is -0.636. The average Bonchev–Trinajstić information content (AvgIpc) is 1.38. The van der Waals surface area contributed by atoms with Crippen molar-refractivity contribution in [3.05, 3.63) is 6.92 Å². The monoisotopic (exact) mass is 213 g/mol. The van der Waals surface area contributed by atoms with Crippen LogP contribution in [0.1, 0.15) is 0 Å². The summed E-state index contributed by atoms with van der Waals surface area (Å²) in [4.78, 5) is 0. The number of hydrogen-bond acceptors (Lipinski definition) is 0. The van der Waals surface area contributed by atoms with Crippen LogP contribution in [0.15, 0.2) is 0 Å². The van der Waals surface area contributed by atoms with Gasteiger partial charge >= 0.3 is 10.5 Å². The molecule has 0 aliphatic carbocycles. The molecular formula is C2H4AlBr2. The number of hydrogen-bond donors (Lipinski definition) is 0. The third-order valence-corrected chi connectivity index (χ3v) is 3.40. The second-order valence-corrected chi connectivity index (χ2v) is 12.4. The lowest BCUT2D eigenvalue weighted by atomic mass is 11.0. The van der Waals surface area contributed by atoms with Crippen molar-refractivity contribution < 1.29 is 0 Å². The van der Waals surface area contributed by atoms with Crippen LogP contribution in [0.2, 0.25) is 5.28 Å². The highest BCUT2D eigenvalue weighted by Crippen LogP contribution is 2.05. The molecule has 0 aliphatic rings. The summed E-state index contributed by atoms with van der Waals surface area (Å²) in [5.74, 6) is 0. The predicted molar refractivity (Wildman–Crippen MR) is 33.8 cm³/mol. The molecule has 0 unspecified atom stereocenters. The zero-order valence-electron chi connectivity index (χ0n) is 2.75. The highest BCUT2D eigenvalue weighted by Gasteiger charge is 2.00. The van der Waals surface area contributed by atoms with Gasteiger partial charge in [0.15, 0.2) is 0 Å². The summed E-state index contributed by atoms with van der Waals surface area (Å²) in [6, 6.07) is 0. The van der Waals surface area contributed by atoms with E-state index in [1.54, 1.807) is 0 Å². The van der Waals surface area contributed by atoms with E-state index in [9.17, 15) is 0 Å². The smallest absolute Gasteiger partial charge is 0.197 e. The van der Waals surface area contributed by atoms with Gasteiger partial charge in [-0.15, -0.1) is 0 Å². The Hall–Kier alpha value is 1.49. The fourth-order valence-electron chi connectivity index (χ4n) is 0. The number of rotatable bonds is 1. The zero-order chi connectivity index (χ0) is 4.28. The largest absolute Gasteiger partial charge is 0.456 e. The molecule has 0 atom stereocenters. The Bertz CT molecular complexity index is 21.6. The first-order chi connectivity index (χ1) is 2.27. The van der Waals surface area contributed by atoms with E-state index in [0.717, 1.165) is 5.28 Å². The van der Waals surface area contributed by atoms with Crippen molar-refractivity contribution in [2.75, 3.05) is 0 Å². The molecule has 0 amide bonds. The van der Waals surface area contributed by atoms with E-state index in [-0.39, 0.29) is 0 Å². The summed E-state index contributed by atoms with van der Waals surface area (Å²) in [5.41, 5.74) is 0. The molecule has 29 valence electrons. The van der Waals surface area contributed by atoms with Crippen LogP contribution in [0, 0.1) is 6.92 Å². The zero-order valence-corrected chi connectivity index (χ0v) is 7.07. The minimum Gasteiger partial charge on any atom is -0.197 e. The van der Waals surface area contributed by atoms with Crippen molar-refractivity contribution in [1.82, 2.24) is 0 Å². The molecule has 5 heavy (non-hydrogen) atoms. The van der Waals surface area contributed by atoms with Gasteiger partial charge in [-0.25, -0.2) is 0 Å². The van der Waals surface area contributed by atoms with E-state index in [0.29, 0.717) is 0 Å². The van der Waals surface area contributed by atoms with Gasteiger partial charge in [-0.3, -0.25) is 0 Å². The van der Waals surface area contributed by atoms with Crippen molar-refractivity contribution in [1.29, 1.82) is 0 Å². The minimum atomic E-state index is -0.636. The Morgan fingerprint density at radius 3 is 1.80 bits per heavy atom. The summed E-state index contributed by atoms with van der Waals surface area (Å²) >= 11 is 6.73. The van der Waals surface area contributed by atoms with Crippen molar-refractivity contribution in [3.8, 4) is 0 Å². The predicted octanol–water partition coefficient (Wildman–Crippen LogP) is 2.10. The molecule has 0 aromatic heterocycles. The normalized spacial score (nSPS) is 7.80. The molecule has 0 fully saturated rings. The molecule has 0 saturated carbocycles. The maximum absolute atomic E-state index is 3.65. The van der Waals surface area contributed by atoms with Crippen LogP contribution in [0.3, 0.4) is 0 Å². The standard InChI is InChI=1S/C2H4.Al.2BrH/c1-2;;;/h1-2H2;;2*1H/q;+2;;/p-2. The lowest BCUT2D eigenvalue weighted by molar-refractivity contribution is 1.75. The van der Waals surface area contributed by atoms with Gasteiger partial charge in [-0.2, -0.15) is 28.1 Å². The molecule has 0 aliphatic heterocycles. The Morgan fingerprint density at radius 1 is 1.60 bits per heavy atom. The summed E-state index contributed by atoms with van der Waals surface area (Å²) in [6.07, 6.45) is 0. The average molecular weight is 215 g/mol. The van der Waals surface area contributed by atoms with Gasteiger partial charge in [0.05, 0.1) is 0 Å². The molecule has 0 spiro atoms. The quantitative estimate of drug-likeness (QED) is 0.587. The highest BCUT2D eigenvalue weighted by atomic mass is 79.9. The molecule has 0 saturated heterocycles. The van der Waals surface area contributed by atoms with Crippen LogP contribution in [0.25, 0.3) is 0 Å². The van der Waals surface area contributed by atoms with E-state index in [2.05, 4.69) is 35.0 Å². The summed E-state index contributed by atoms with van der Waals surface area (Å²) in [5, 5.41) is 1.03. The van der Waals surface area contributed by atoms with Crippen LogP contribution in [-0.4, -0.2) is 10.5 Å². The maximum atomic E-state index is 3.65. The third kappa shape index (κ3) is 5.49. The molecule has 1 radical (unpaired) electrons. The fraction of sp³-hybridized carbons (Fsp3) is 0.500. The van der Waals surface area contributed by atoms with Gasteiger partial charge in [0.1, 0.15) is 0 Å². The van der Waals surface area contributed by atoms with Crippen LogP contribution in [-0.2, 0) is 0 Å². The Morgan fingerprint density at radius 2 is 1.80 bits per heavy atom. The molecule has 0 aromatic carbocycles. The third-order valence-electron chi connectivity index (χ3n) is 0.218. The SMILES string of the molecule is [CH2][CH2][Al]([Br])[Br]. The van der Waals surface area contributed by atoms with Crippen LogP contribution >= 0.6 is 28.1 Å². The second-order valence-electron chi connectivity index (χ2n) is 0.680. The highest BCUT2D eigenvalue weighted by molar-refractivity contribution is 9.49.